The molecule has 0 saturated carbocycles. The number of fused-ring (bicyclic) bond motifs is 1. The molecule has 102 valence electrons. The van der Waals surface area contributed by atoms with Crippen LogP contribution in [0.5, 0.6) is 0 Å². The summed E-state index contributed by atoms with van der Waals surface area (Å²) >= 11 is 0. The van der Waals surface area contributed by atoms with Gasteiger partial charge in [-0.2, -0.15) is 4.98 Å². The van der Waals surface area contributed by atoms with E-state index in [1.54, 1.807) is 6.07 Å². The van der Waals surface area contributed by atoms with Crippen LogP contribution in [-0.4, -0.2) is 58.9 Å². The van der Waals surface area contributed by atoms with E-state index in [9.17, 15) is 4.39 Å². The monoisotopic (exact) mass is 265 g/mol. The molecule has 2 aromatic heterocycles. The van der Waals surface area contributed by atoms with Crippen molar-refractivity contribution in [2.75, 3.05) is 44.7 Å². The fraction of sp³-hybridized carbons (Fsp3) is 0.500. The van der Waals surface area contributed by atoms with Crippen LogP contribution in [-0.2, 0) is 4.74 Å². The lowest BCUT2D eigenvalue weighted by Gasteiger charge is -2.26. The van der Waals surface area contributed by atoms with Gasteiger partial charge in [0.2, 0.25) is 5.95 Å². The third-order valence-corrected chi connectivity index (χ3v) is 3.11. The Morgan fingerprint density at radius 2 is 2.16 bits per heavy atom. The van der Waals surface area contributed by atoms with E-state index in [4.69, 9.17) is 4.74 Å². The zero-order valence-electron chi connectivity index (χ0n) is 10.5. The van der Waals surface area contributed by atoms with Crippen LogP contribution in [0, 0.1) is 5.82 Å². The molecule has 0 amide bonds. The molecule has 0 spiro atoms. The van der Waals surface area contributed by atoms with Crippen molar-refractivity contribution < 1.29 is 9.13 Å². The molecule has 6 nitrogen and oxygen atoms in total. The molecule has 1 fully saturated rings. The molecule has 1 N–H and O–H groups in total. The molecular weight excluding hydrogens is 249 g/mol. The van der Waals surface area contributed by atoms with Gasteiger partial charge in [0.25, 0.3) is 0 Å². The number of anilines is 1. The number of morpholine rings is 1. The van der Waals surface area contributed by atoms with Crippen LogP contribution in [0.15, 0.2) is 18.3 Å². The van der Waals surface area contributed by atoms with Gasteiger partial charge in [0.05, 0.1) is 19.4 Å². The summed E-state index contributed by atoms with van der Waals surface area (Å²) < 4.78 is 19.7. The summed E-state index contributed by atoms with van der Waals surface area (Å²) in [5.41, 5.74) is 0.635. The van der Waals surface area contributed by atoms with Crippen LogP contribution >= 0.6 is 0 Å². The lowest BCUT2D eigenvalue weighted by molar-refractivity contribution is 0.0398. The van der Waals surface area contributed by atoms with E-state index in [1.807, 2.05) is 0 Å². The SMILES string of the molecule is Fc1ccc2nc(NCCN3CCOCC3)nn2c1. The van der Waals surface area contributed by atoms with Crippen LogP contribution in [0.2, 0.25) is 0 Å². The maximum atomic E-state index is 13.0. The molecule has 7 heteroatoms. The van der Waals surface area contributed by atoms with E-state index in [1.165, 1.54) is 16.8 Å². The fourth-order valence-corrected chi connectivity index (χ4v) is 2.08. The Morgan fingerprint density at radius 1 is 1.32 bits per heavy atom. The highest BCUT2D eigenvalue weighted by Gasteiger charge is 2.10. The Labute approximate surface area is 110 Å². The standard InChI is InChI=1S/C12H16FN5O/c13-10-1-2-11-15-12(16-18(11)9-10)14-3-4-17-5-7-19-8-6-17/h1-2,9H,3-8H2,(H,14,16). The summed E-state index contributed by atoms with van der Waals surface area (Å²) in [5, 5.41) is 7.32. The molecule has 19 heavy (non-hydrogen) atoms. The first-order chi connectivity index (χ1) is 9.31. The summed E-state index contributed by atoms with van der Waals surface area (Å²) in [6.45, 7) is 5.21. The van der Waals surface area contributed by atoms with Crippen LogP contribution in [0.25, 0.3) is 5.65 Å². The highest BCUT2D eigenvalue weighted by Crippen LogP contribution is 2.06. The lowest BCUT2D eigenvalue weighted by Crippen LogP contribution is -2.39. The van der Waals surface area contributed by atoms with E-state index in [-0.39, 0.29) is 5.82 Å². The predicted octanol–water partition coefficient (Wildman–Crippen LogP) is 0.612. The minimum Gasteiger partial charge on any atom is -0.379 e. The van der Waals surface area contributed by atoms with Crippen LogP contribution in [0.1, 0.15) is 0 Å². The lowest BCUT2D eigenvalue weighted by atomic mass is 10.4. The highest BCUT2D eigenvalue weighted by atomic mass is 19.1. The maximum Gasteiger partial charge on any atom is 0.243 e. The summed E-state index contributed by atoms with van der Waals surface area (Å²) in [6.07, 6.45) is 1.31. The summed E-state index contributed by atoms with van der Waals surface area (Å²) in [5.74, 6) is 0.205. The second-order valence-corrected chi connectivity index (χ2v) is 4.47. The molecule has 3 heterocycles. The van der Waals surface area contributed by atoms with Crippen LogP contribution in [0.4, 0.5) is 10.3 Å². The molecule has 0 aromatic carbocycles. The summed E-state index contributed by atoms with van der Waals surface area (Å²) in [6, 6.07) is 2.98. The topological polar surface area (TPSA) is 54.7 Å². The van der Waals surface area contributed by atoms with Gasteiger partial charge in [-0.25, -0.2) is 8.91 Å². The summed E-state index contributed by atoms with van der Waals surface area (Å²) in [7, 11) is 0. The van der Waals surface area contributed by atoms with Crippen molar-refractivity contribution in [1.29, 1.82) is 0 Å². The second-order valence-electron chi connectivity index (χ2n) is 4.47. The van der Waals surface area contributed by atoms with Crippen molar-refractivity contribution in [3.8, 4) is 0 Å². The number of rotatable bonds is 4. The minimum absolute atomic E-state index is 0.322. The van der Waals surface area contributed by atoms with Crippen molar-refractivity contribution >= 4 is 11.6 Å². The Morgan fingerprint density at radius 3 is 3.00 bits per heavy atom. The van der Waals surface area contributed by atoms with Crippen molar-refractivity contribution in [1.82, 2.24) is 19.5 Å². The second kappa shape index (κ2) is 5.50. The number of nitrogens with one attached hydrogen (secondary N) is 1. The van der Waals surface area contributed by atoms with Crippen molar-refractivity contribution in [3.63, 3.8) is 0 Å². The van der Waals surface area contributed by atoms with Gasteiger partial charge in [0.1, 0.15) is 5.82 Å². The van der Waals surface area contributed by atoms with Crippen LogP contribution in [0.3, 0.4) is 0 Å². The smallest absolute Gasteiger partial charge is 0.243 e. The number of aromatic nitrogens is 3. The third-order valence-electron chi connectivity index (χ3n) is 3.11. The number of hydrogen-bond donors (Lipinski definition) is 1. The van der Waals surface area contributed by atoms with Crippen LogP contribution < -0.4 is 5.32 Å². The molecule has 1 aliphatic heterocycles. The minimum atomic E-state index is -0.322. The van der Waals surface area contributed by atoms with Gasteiger partial charge in [-0.1, -0.05) is 0 Å². The van der Waals surface area contributed by atoms with Crippen molar-refractivity contribution in [3.05, 3.63) is 24.1 Å². The van der Waals surface area contributed by atoms with Crippen molar-refractivity contribution in [2.24, 2.45) is 0 Å². The Hall–Kier alpha value is -1.73. The van der Waals surface area contributed by atoms with Gasteiger partial charge in [-0.05, 0) is 12.1 Å². The van der Waals surface area contributed by atoms with E-state index in [0.717, 1.165) is 39.4 Å². The molecular formula is C12H16FN5O. The van der Waals surface area contributed by atoms with Gasteiger partial charge in [0.15, 0.2) is 5.65 Å². The van der Waals surface area contributed by atoms with Crippen molar-refractivity contribution in [2.45, 2.75) is 0 Å². The van der Waals surface area contributed by atoms with E-state index >= 15 is 0 Å². The molecule has 2 aromatic rings. The first-order valence-corrected chi connectivity index (χ1v) is 6.37. The largest absolute Gasteiger partial charge is 0.379 e. The third kappa shape index (κ3) is 2.99. The Balaban J connectivity index is 1.56. The molecule has 0 bridgehead atoms. The first kappa shape index (κ1) is 12.3. The molecule has 1 saturated heterocycles. The zero-order chi connectivity index (χ0) is 13.1. The Bertz CT molecular complexity index is 552. The molecule has 3 rings (SSSR count). The zero-order valence-corrected chi connectivity index (χ0v) is 10.5. The quantitative estimate of drug-likeness (QED) is 0.878. The number of pyridine rings is 1. The van der Waals surface area contributed by atoms with E-state index in [0.29, 0.717) is 11.6 Å². The average molecular weight is 265 g/mol. The Kier molecular flexibility index (Phi) is 3.56. The normalized spacial score (nSPS) is 16.9. The molecule has 0 radical (unpaired) electrons. The fourth-order valence-electron chi connectivity index (χ4n) is 2.08. The van der Waals surface area contributed by atoms with Gasteiger partial charge >= 0.3 is 0 Å². The van der Waals surface area contributed by atoms with Gasteiger partial charge < -0.3 is 10.1 Å². The number of ether oxygens (including phenoxy) is 1. The van der Waals surface area contributed by atoms with Gasteiger partial charge in [-0.15, -0.1) is 5.10 Å². The summed E-state index contributed by atoms with van der Waals surface area (Å²) in [4.78, 5) is 6.59. The first-order valence-electron chi connectivity index (χ1n) is 6.37. The molecule has 0 atom stereocenters. The number of hydrogen-bond acceptors (Lipinski definition) is 5. The molecule has 1 aliphatic rings. The highest BCUT2D eigenvalue weighted by molar-refractivity contribution is 5.42. The van der Waals surface area contributed by atoms with Gasteiger partial charge in [-0.3, -0.25) is 4.90 Å². The van der Waals surface area contributed by atoms with E-state index < -0.39 is 0 Å². The van der Waals surface area contributed by atoms with Gasteiger partial charge in [0, 0.05) is 26.2 Å². The number of nitrogens with zero attached hydrogens (tertiary/aromatic N) is 4. The molecule has 0 aliphatic carbocycles. The molecule has 0 unspecified atom stereocenters. The predicted molar refractivity (Wildman–Crippen MR) is 68.7 cm³/mol. The average Bonchev–Trinajstić information content (AvgIpc) is 2.82. The number of halogens is 1. The van der Waals surface area contributed by atoms with E-state index in [2.05, 4.69) is 20.3 Å². The maximum absolute atomic E-state index is 13.0.